The Hall–Kier alpha value is -2.94. The molecular formula is C24H19F9N2O3S. The summed E-state index contributed by atoms with van der Waals surface area (Å²) in [6.45, 7) is 0.519. The number of thioether (sulfide) groups is 1. The molecule has 0 bridgehead atoms. The molecule has 4 rings (SSSR count). The number of hydrogen-bond acceptors (Lipinski definition) is 5. The normalized spacial score (nSPS) is 22.3. The minimum atomic E-state index is -5.12. The van der Waals surface area contributed by atoms with Crippen molar-refractivity contribution in [2.75, 3.05) is 12.4 Å². The van der Waals surface area contributed by atoms with Crippen LogP contribution in [0.25, 0.3) is 0 Å². The van der Waals surface area contributed by atoms with E-state index in [9.17, 15) is 49.4 Å². The van der Waals surface area contributed by atoms with Gasteiger partial charge in [0.25, 0.3) is 0 Å². The van der Waals surface area contributed by atoms with Gasteiger partial charge in [0.05, 0.1) is 47.0 Å². The lowest BCUT2D eigenvalue weighted by atomic mass is 9.97. The fourth-order valence-corrected chi connectivity index (χ4v) is 5.36. The minimum Gasteiger partial charge on any atom is -0.439 e. The molecule has 2 aliphatic heterocycles. The average Bonchev–Trinajstić information content (AvgIpc) is 3.42. The molecule has 1 saturated heterocycles. The van der Waals surface area contributed by atoms with E-state index in [0.717, 1.165) is 23.1 Å². The molecule has 0 spiro atoms. The third-order valence-corrected chi connectivity index (χ3v) is 7.41. The number of halogens is 9. The number of aliphatic imine (C=N–C) groups is 1. The predicted molar refractivity (Wildman–Crippen MR) is 122 cm³/mol. The molecule has 2 heterocycles. The number of alkyl halides is 9. The van der Waals surface area contributed by atoms with E-state index in [1.165, 1.54) is 18.7 Å². The van der Waals surface area contributed by atoms with Crippen LogP contribution in [0.5, 0.6) is 0 Å². The van der Waals surface area contributed by atoms with Gasteiger partial charge in [-0.05, 0) is 48.4 Å². The topological polar surface area (TPSA) is 62.1 Å². The molecule has 212 valence electrons. The molecular weight excluding hydrogens is 567 g/mol. The number of carbonyl (C=O) groups excluding carboxylic acids is 1. The zero-order chi connectivity index (χ0) is 28.9. The summed E-state index contributed by atoms with van der Waals surface area (Å²) in [6.07, 6.45) is -17.7. The second-order valence-corrected chi connectivity index (χ2v) is 9.97. The van der Waals surface area contributed by atoms with Crippen molar-refractivity contribution >= 4 is 22.9 Å². The molecule has 1 fully saturated rings. The van der Waals surface area contributed by atoms with E-state index >= 15 is 0 Å². The van der Waals surface area contributed by atoms with Crippen molar-refractivity contribution in [3.63, 3.8) is 0 Å². The maximum absolute atomic E-state index is 13.5. The zero-order valence-electron chi connectivity index (χ0n) is 19.8. The second kappa shape index (κ2) is 10.2. The highest BCUT2D eigenvalue weighted by atomic mass is 32.2. The molecule has 0 radical (unpaired) electrons. The lowest BCUT2D eigenvalue weighted by molar-refractivity contribution is -0.143. The van der Waals surface area contributed by atoms with Gasteiger partial charge in [-0.15, -0.1) is 11.8 Å². The number of rotatable bonds is 5. The summed E-state index contributed by atoms with van der Waals surface area (Å²) in [5, 5.41) is 9.67. The van der Waals surface area contributed by atoms with E-state index < -0.39 is 71.6 Å². The van der Waals surface area contributed by atoms with Gasteiger partial charge in [0.2, 0.25) is 0 Å². The minimum absolute atomic E-state index is 0.0147. The lowest BCUT2D eigenvalue weighted by Crippen LogP contribution is -2.32. The second-order valence-electron chi connectivity index (χ2n) is 8.96. The molecule has 0 saturated carbocycles. The van der Waals surface area contributed by atoms with Crippen LogP contribution in [-0.4, -0.2) is 45.6 Å². The summed E-state index contributed by atoms with van der Waals surface area (Å²) in [6, 6.07) is 1.99. The number of carbonyl (C=O) groups is 1. The summed E-state index contributed by atoms with van der Waals surface area (Å²) in [5.74, 6) is 0.369. The van der Waals surface area contributed by atoms with Crippen LogP contribution in [0.2, 0.25) is 0 Å². The van der Waals surface area contributed by atoms with Gasteiger partial charge in [-0.3, -0.25) is 9.89 Å². The number of amides is 1. The van der Waals surface area contributed by atoms with E-state index in [1.54, 1.807) is 0 Å². The number of aliphatic hydroxyl groups is 1. The van der Waals surface area contributed by atoms with Gasteiger partial charge in [0.1, 0.15) is 6.10 Å². The van der Waals surface area contributed by atoms with E-state index in [1.807, 2.05) is 0 Å². The third-order valence-electron chi connectivity index (χ3n) is 6.26. The quantitative estimate of drug-likeness (QED) is 0.398. The average molecular weight is 586 g/mol. The SMILES string of the molecule is C[C@H]1[C@@H](c2cc(C(F)(F)F)cc(C(F)(F)F)c2)OC(=O)N1Cc1cc(C(F)(F)F)ccc1C1=NC(CO)CS1. The van der Waals surface area contributed by atoms with Crippen molar-refractivity contribution in [3.05, 3.63) is 69.8 Å². The van der Waals surface area contributed by atoms with Crippen molar-refractivity contribution in [1.29, 1.82) is 0 Å². The molecule has 0 aliphatic carbocycles. The van der Waals surface area contributed by atoms with Crippen molar-refractivity contribution in [2.45, 2.75) is 50.2 Å². The first-order chi connectivity index (χ1) is 18.0. The highest BCUT2D eigenvalue weighted by Gasteiger charge is 2.44. The lowest BCUT2D eigenvalue weighted by Gasteiger charge is -2.24. The van der Waals surface area contributed by atoms with E-state index in [2.05, 4.69) is 4.99 Å². The van der Waals surface area contributed by atoms with E-state index in [-0.39, 0.29) is 23.8 Å². The maximum Gasteiger partial charge on any atom is 0.416 e. The fraction of sp³-hybridized carbons (Fsp3) is 0.417. The summed E-state index contributed by atoms with van der Waals surface area (Å²) in [5.41, 5.74) is -4.56. The Morgan fingerprint density at radius 3 is 2.05 bits per heavy atom. The number of cyclic esters (lactones) is 1. The van der Waals surface area contributed by atoms with Crippen LogP contribution in [-0.2, 0) is 29.8 Å². The van der Waals surface area contributed by atoms with Crippen LogP contribution in [0, 0.1) is 0 Å². The molecule has 3 atom stereocenters. The van der Waals surface area contributed by atoms with Gasteiger partial charge in [-0.25, -0.2) is 4.79 Å². The van der Waals surface area contributed by atoms with Crippen molar-refractivity contribution < 1.29 is 54.2 Å². The number of nitrogens with zero attached hydrogens (tertiary/aromatic N) is 2. The first kappa shape index (κ1) is 29.1. The Bertz CT molecular complexity index is 1260. The number of benzene rings is 2. The van der Waals surface area contributed by atoms with Crippen LogP contribution >= 0.6 is 11.8 Å². The van der Waals surface area contributed by atoms with Crippen LogP contribution in [0.4, 0.5) is 44.3 Å². The Kier molecular flexibility index (Phi) is 7.62. The summed E-state index contributed by atoms with van der Waals surface area (Å²) >= 11 is 1.18. The first-order valence-electron chi connectivity index (χ1n) is 11.3. The number of aliphatic hydroxyl groups excluding tert-OH is 1. The van der Waals surface area contributed by atoms with Gasteiger partial charge >= 0.3 is 24.6 Å². The van der Waals surface area contributed by atoms with Gasteiger partial charge in [-0.2, -0.15) is 39.5 Å². The van der Waals surface area contributed by atoms with Crippen LogP contribution in [0.15, 0.2) is 41.4 Å². The van der Waals surface area contributed by atoms with Crippen LogP contribution in [0.1, 0.15) is 46.4 Å². The van der Waals surface area contributed by atoms with E-state index in [4.69, 9.17) is 4.74 Å². The van der Waals surface area contributed by atoms with Crippen LogP contribution < -0.4 is 0 Å². The number of hydrogen-bond donors (Lipinski definition) is 1. The Labute approximate surface area is 219 Å². The van der Waals surface area contributed by atoms with Crippen molar-refractivity contribution in [3.8, 4) is 0 Å². The van der Waals surface area contributed by atoms with Crippen LogP contribution in [0.3, 0.4) is 0 Å². The molecule has 2 aromatic carbocycles. The Morgan fingerprint density at radius 1 is 0.949 bits per heavy atom. The number of ether oxygens (including phenoxy) is 1. The van der Waals surface area contributed by atoms with Crippen molar-refractivity contribution in [2.24, 2.45) is 4.99 Å². The highest BCUT2D eigenvalue weighted by molar-refractivity contribution is 8.14. The standard InChI is InChI=1S/C24H19F9N2O3S/c1-11-19(12-4-15(23(28,29)30)7-16(5-12)24(31,32)33)38-21(37)35(11)8-13-6-14(22(25,26)27)2-3-18(13)20-34-17(9-36)10-39-20/h2-7,11,17,19,36H,8-10H2,1H3/t11-,17?,19-/m0/s1. The van der Waals surface area contributed by atoms with Crippen molar-refractivity contribution in [1.82, 2.24) is 4.90 Å². The molecule has 39 heavy (non-hydrogen) atoms. The van der Waals surface area contributed by atoms with Gasteiger partial charge in [0.15, 0.2) is 0 Å². The molecule has 2 aliphatic rings. The predicted octanol–water partition coefficient (Wildman–Crippen LogP) is 6.68. The summed E-state index contributed by atoms with van der Waals surface area (Å²) < 4.78 is 126. The molecule has 15 heteroatoms. The molecule has 1 unspecified atom stereocenters. The molecule has 5 nitrogen and oxygen atoms in total. The smallest absolute Gasteiger partial charge is 0.416 e. The third kappa shape index (κ3) is 6.13. The van der Waals surface area contributed by atoms with Gasteiger partial charge < -0.3 is 9.84 Å². The molecule has 1 N–H and O–H groups in total. The monoisotopic (exact) mass is 586 g/mol. The van der Waals surface area contributed by atoms with Gasteiger partial charge in [0, 0.05) is 11.3 Å². The molecule has 2 aromatic rings. The molecule has 0 aromatic heterocycles. The summed E-state index contributed by atoms with van der Waals surface area (Å²) in [4.78, 5) is 17.9. The highest BCUT2D eigenvalue weighted by Crippen LogP contribution is 2.42. The zero-order valence-corrected chi connectivity index (χ0v) is 20.6. The van der Waals surface area contributed by atoms with E-state index in [0.29, 0.717) is 22.9 Å². The Balaban J connectivity index is 1.71. The molecule has 1 amide bonds. The largest absolute Gasteiger partial charge is 0.439 e. The maximum atomic E-state index is 13.5. The first-order valence-corrected chi connectivity index (χ1v) is 12.3. The van der Waals surface area contributed by atoms with Gasteiger partial charge in [-0.1, -0.05) is 6.07 Å². The summed E-state index contributed by atoms with van der Waals surface area (Å²) in [7, 11) is 0. The Morgan fingerprint density at radius 2 is 1.54 bits per heavy atom. The fourth-order valence-electron chi connectivity index (χ4n) is 4.25.